The van der Waals surface area contributed by atoms with E-state index >= 15 is 0 Å². The predicted octanol–water partition coefficient (Wildman–Crippen LogP) is 2.37. The third-order valence-corrected chi connectivity index (χ3v) is 4.97. The van der Waals surface area contributed by atoms with Gasteiger partial charge in [0.2, 0.25) is 10.0 Å². The topological polar surface area (TPSA) is 79.6 Å². The summed E-state index contributed by atoms with van der Waals surface area (Å²) in [7, 11) is -3.28. The highest BCUT2D eigenvalue weighted by molar-refractivity contribution is 7.88. The lowest BCUT2D eigenvalue weighted by atomic mass is 9.78. The Balaban J connectivity index is 2.01. The number of nitrogens with one attached hydrogen (secondary N) is 1. The second kappa shape index (κ2) is 7.05. The third kappa shape index (κ3) is 5.07. The van der Waals surface area contributed by atoms with Crippen molar-refractivity contribution in [2.75, 3.05) is 19.3 Å². The van der Waals surface area contributed by atoms with Gasteiger partial charge in [-0.3, -0.25) is 4.79 Å². The maximum Gasteiger partial charge on any atom is 0.289 e. The largest absolute Gasteiger partial charge is 0.455 e. The third-order valence-electron chi connectivity index (χ3n) is 4.30. The molecule has 6 nitrogen and oxygen atoms in total. The number of carbonyl (C=O) groups is 1. The number of hydrogen-bond acceptors (Lipinski definition) is 4. The minimum absolute atomic E-state index is 0.0552. The summed E-state index contributed by atoms with van der Waals surface area (Å²) in [6.07, 6.45) is 5.46. The molecule has 1 N–H and O–H groups in total. The monoisotopic (exact) mass is 342 g/mol. The van der Waals surface area contributed by atoms with E-state index in [9.17, 15) is 13.2 Å². The van der Waals surface area contributed by atoms with E-state index in [-0.39, 0.29) is 23.6 Å². The van der Waals surface area contributed by atoms with Gasteiger partial charge in [-0.25, -0.2) is 13.1 Å². The number of carbonyl (C=O) groups excluding carboxylic acids is 1. The van der Waals surface area contributed by atoms with Crippen molar-refractivity contribution in [1.29, 1.82) is 0 Å². The molecule has 2 rings (SSSR count). The molecule has 130 valence electrons. The number of amides is 1. The number of likely N-dealkylation sites (tertiary alicyclic amines) is 1. The van der Waals surface area contributed by atoms with Gasteiger partial charge < -0.3 is 9.32 Å². The molecule has 1 aliphatic rings. The smallest absolute Gasteiger partial charge is 0.289 e. The van der Waals surface area contributed by atoms with E-state index in [0.717, 1.165) is 45.0 Å². The fourth-order valence-electron chi connectivity index (χ4n) is 3.24. The van der Waals surface area contributed by atoms with Crippen LogP contribution in [0.25, 0.3) is 0 Å². The Bertz CT molecular complexity index is 649. The van der Waals surface area contributed by atoms with Gasteiger partial charge in [-0.1, -0.05) is 20.3 Å². The number of hydrogen-bond donors (Lipinski definition) is 1. The summed E-state index contributed by atoms with van der Waals surface area (Å²) in [5.74, 6) is 0.598. The zero-order valence-electron chi connectivity index (χ0n) is 14.1. The van der Waals surface area contributed by atoms with Crippen LogP contribution in [0.1, 0.15) is 55.8 Å². The van der Waals surface area contributed by atoms with Crippen molar-refractivity contribution in [3.63, 3.8) is 0 Å². The average Bonchev–Trinajstić information content (AvgIpc) is 2.92. The summed E-state index contributed by atoms with van der Waals surface area (Å²) in [5.41, 5.74) is 0.177. The highest BCUT2D eigenvalue weighted by Crippen LogP contribution is 2.34. The van der Waals surface area contributed by atoms with Crippen LogP contribution in [0.5, 0.6) is 0 Å². The number of nitrogens with zero attached hydrogens (tertiary/aromatic N) is 1. The molecule has 0 spiro atoms. The zero-order valence-corrected chi connectivity index (χ0v) is 14.9. The van der Waals surface area contributed by atoms with Crippen LogP contribution in [-0.4, -0.2) is 38.6 Å². The minimum atomic E-state index is -3.28. The molecule has 1 amide bonds. The van der Waals surface area contributed by atoms with E-state index in [2.05, 4.69) is 18.6 Å². The molecular formula is C16H26N2O4S. The first-order valence-electron chi connectivity index (χ1n) is 8.05. The average molecular weight is 342 g/mol. The van der Waals surface area contributed by atoms with Crippen molar-refractivity contribution >= 4 is 15.9 Å². The lowest BCUT2D eigenvalue weighted by molar-refractivity contribution is 0.0499. The highest BCUT2D eigenvalue weighted by Gasteiger charge is 2.33. The van der Waals surface area contributed by atoms with Crippen LogP contribution < -0.4 is 4.72 Å². The Hall–Kier alpha value is -1.34. The van der Waals surface area contributed by atoms with Gasteiger partial charge in [-0.05, 0) is 36.8 Å². The van der Waals surface area contributed by atoms with Crippen LogP contribution in [0.4, 0.5) is 0 Å². The molecule has 2 heterocycles. The van der Waals surface area contributed by atoms with Gasteiger partial charge in [0.05, 0.1) is 12.8 Å². The first-order valence-corrected chi connectivity index (χ1v) is 9.94. The Morgan fingerprint density at radius 2 is 2.17 bits per heavy atom. The van der Waals surface area contributed by atoms with Gasteiger partial charge in [-0.15, -0.1) is 0 Å². The van der Waals surface area contributed by atoms with Crippen LogP contribution in [0.15, 0.2) is 16.5 Å². The predicted molar refractivity (Wildman–Crippen MR) is 88.5 cm³/mol. The molecule has 0 aromatic carbocycles. The summed E-state index contributed by atoms with van der Waals surface area (Å²) in [4.78, 5) is 14.5. The molecule has 1 saturated heterocycles. The molecule has 0 aliphatic carbocycles. The maximum absolute atomic E-state index is 12.6. The summed E-state index contributed by atoms with van der Waals surface area (Å²) in [6, 6.07) is 3.26. The Morgan fingerprint density at radius 1 is 1.43 bits per heavy atom. The van der Waals surface area contributed by atoms with Crippen LogP contribution in [0.2, 0.25) is 0 Å². The number of furan rings is 1. The molecule has 23 heavy (non-hydrogen) atoms. The van der Waals surface area contributed by atoms with Crippen LogP contribution in [0, 0.1) is 5.41 Å². The molecular weight excluding hydrogens is 316 g/mol. The molecule has 0 radical (unpaired) electrons. The fourth-order valence-corrected chi connectivity index (χ4v) is 3.65. The molecule has 1 atom stereocenters. The SMILES string of the molecule is CCC[C@@]1(C)CCCN(C(=O)c2ccc(CNS(C)(=O)=O)o2)C1. The van der Waals surface area contributed by atoms with Gasteiger partial charge in [0.15, 0.2) is 5.76 Å². The van der Waals surface area contributed by atoms with Crippen LogP contribution >= 0.6 is 0 Å². The van der Waals surface area contributed by atoms with Crippen molar-refractivity contribution in [3.05, 3.63) is 23.7 Å². The zero-order chi connectivity index (χ0) is 17.1. The summed E-state index contributed by atoms with van der Waals surface area (Å²) in [6.45, 7) is 5.95. The molecule has 0 bridgehead atoms. The van der Waals surface area contributed by atoms with E-state index in [0.29, 0.717) is 5.76 Å². The number of piperidine rings is 1. The molecule has 0 unspecified atom stereocenters. The van der Waals surface area contributed by atoms with Crippen LogP contribution in [-0.2, 0) is 16.6 Å². The second-order valence-corrected chi connectivity index (χ2v) is 8.58. The van der Waals surface area contributed by atoms with E-state index in [4.69, 9.17) is 4.42 Å². The molecule has 1 aromatic rings. The first kappa shape index (κ1) is 18.0. The summed E-state index contributed by atoms with van der Waals surface area (Å²) in [5, 5.41) is 0. The lowest BCUT2D eigenvalue weighted by Gasteiger charge is -2.40. The fraction of sp³-hybridized carbons (Fsp3) is 0.688. The molecule has 0 saturated carbocycles. The van der Waals surface area contributed by atoms with E-state index in [1.165, 1.54) is 0 Å². The highest BCUT2D eigenvalue weighted by atomic mass is 32.2. The number of rotatable bonds is 6. The minimum Gasteiger partial charge on any atom is -0.455 e. The van der Waals surface area contributed by atoms with Crippen molar-refractivity contribution in [1.82, 2.24) is 9.62 Å². The molecule has 1 fully saturated rings. The second-order valence-electron chi connectivity index (χ2n) is 6.75. The Labute approximate surface area is 138 Å². The normalized spacial score (nSPS) is 22.3. The van der Waals surface area contributed by atoms with Gasteiger partial charge >= 0.3 is 0 Å². The van der Waals surface area contributed by atoms with Crippen molar-refractivity contribution < 1.29 is 17.6 Å². The summed E-state index contributed by atoms with van der Waals surface area (Å²) >= 11 is 0. The standard InChI is InChI=1S/C16H26N2O4S/c1-4-8-16(2)9-5-10-18(12-16)15(19)14-7-6-13(22-14)11-17-23(3,20)21/h6-7,17H,4-5,8-12H2,1-3H3/t16-/m0/s1. The van der Waals surface area contributed by atoms with E-state index < -0.39 is 10.0 Å². The van der Waals surface area contributed by atoms with Crippen molar-refractivity contribution in [3.8, 4) is 0 Å². The number of sulfonamides is 1. The quantitative estimate of drug-likeness (QED) is 0.861. The summed E-state index contributed by atoms with van der Waals surface area (Å²) < 4.78 is 30.1. The van der Waals surface area contributed by atoms with Crippen molar-refractivity contribution in [2.24, 2.45) is 5.41 Å². The van der Waals surface area contributed by atoms with Crippen molar-refractivity contribution in [2.45, 2.75) is 46.1 Å². The molecule has 1 aromatic heterocycles. The molecule has 1 aliphatic heterocycles. The lowest BCUT2D eigenvalue weighted by Crippen LogP contribution is -2.44. The first-order chi connectivity index (χ1) is 10.7. The maximum atomic E-state index is 12.6. The Kier molecular flexibility index (Phi) is 5.52. The molecule has 7 heteroatoms. The van der Waals surface area contributed by atoms with Gasteiger partial charge in [-0.2, -0.15) is 0 Å². The van der Waals surface area contributed by atoms with Gasteiger partial charge in [0, 0.05) is 13.1 Å². The van der Waals surface area contributed by atoms with Gasteiger partial charge in [0.25, 0.3) is 5.91 Å². The van der Waals surface area contributed by atoms with Gasteiger partial charge in [0.1, 0.15) is 5.76 Å². The van der Waals surface area contributed by atoms with Crippen LogP contribution in [0.3, 0.4) is 0 Å². The van der Waals surface area contributed by atoms with E-state index in [1.807, 2.05) is 4.90 Å². The Morgan fingerprint density at radius 3 is 2.83 bits per heavy atom. The van der Waals surface area contributed by atoms with E-state index in [1.54, 1.807) is 12.1 Å².